The van der Waals surface area contributed by atoms with Crippen LogP contribution in [0.5, 0.6) is 5.88 Å². The van der Waals surface area contributed by atoms with Crippen LogP contribution in [0.1, 0.15) is 42.9 Å². The lowest BCUT2D eigenvalue weighted by Gasteiger charge is -2.10. The van der Waals surface area contributed by atoms with Crippen LogP contribution < -0.4 is 4.74 Å². The van der Waals surface area contributed by atoms with E-state index in [1.54, 1.807) is 19.4 Å². The molecule has 1 atom stereocenters. The van der Waals surface area contributed by atoms with Crippen LogP contribution in [0.3, 0.4) is 0 Å². The fourth-order valence-corrected chi connectivity index (χ4v) is 2.83. The molecule has 1 unspecified atom stereocenters. The quantitative estimate of drug-likeness (QED) is 0.749. The molecule has 0 amide bonds. The monoisotopic (exact) mass is 333 g/mol. The summed E-state index contributed by atoms with van der Waals surface area (Å²) in [6, 6.07) is 12.0. The molecule has 1 fully saturated rings. The number of ketones is 1. The molecule has 1 aromatic carbocycles. The maximum absolute atomic E-state index is 11.9. The standard InChI is InChI=1S/C22H23NO2/c1-16(14-21(24)20-10-11-20)13-18-6-3-17(4-7-18)5-8-19-9-12-22(25-2)23-15-19/h3-4,6-7,9,12,15-16,20H,10-11,13-14H2,1-2H3. The van der Waals surface area contributed by atoms with Gasteiger partial charge >= 0.3 is 0 Å². The Hall–Kier alpha value is -2.60. The molecule has 0 aliphatic heterocycles. The van der Waals surface area contributed by atoms with E-state index in [1.165, 1.54) is 5.56 Å². The number of nitrogens with zero attached hydrogens (tertiary/aromatic N) is 1. The predicted octanol–water partition coefficient (Wildman–Crippen LogP) is 4.04. The third-order valence-electron chi connectivity index (χ3n) is 4.42. The summed E-state index contributed by atoms with van der Waals surface area (Å²) in [6.07, 6.45) is 5.55. The summed E-state index contributed by atoms with van der Waals surface area (Å²) in [7, 11) is 1.60. The molecular weight excluding hydrogens is 310 g/mol. The molecule has 0 N–H and O–H groups in total. The summed E-state index contributed by atoms with van der Waals surface area (Å²) in [5.41, 5.74) is 3.09. The van der Waals surface area contributed by atoms with Crippen LogP contribution >= 0.6 is 0 Å². The fraction of sp³-hybridized carbons (Fsp3) is 0.364. The van der Waals surface area contributed by atoms with Crippen molar-refractivity contribution < 1.29 is 9.53 Å². The lowest BCUT2D eigenvalue weighted by atomic mass is 9.94. The third-order valence-corrected chi connectivity index (χ3v) is 4.42. The van der Waals surface area contributed by atoms with E-state index in [0.717, 1.165) is 30.4 Å². The average Bonchev–Trinajstić information content (AvgIpc) is 3.47. The molecule has 128 valence electrons. The Balaban J connectivity index is 1.56. The van der Waals surface area contributed by atoms with Crippen molar-refractivity contribution in [3.8, 4) is 17.7 Å². The zero-order valence-electron chi connectivity index (χ0n) is 14.8. The number of pyridine rings is 1. The van der Waals surface area contributed by atoms with Gasteiger partial charge in [-0.2, -0.15) is 0 Å². The molecule has 1 aromatic heterocycles. The lowest BCUT2D eigenvalue weighted by Crippen LogP contribution is -2.09. The highest BCUT2D eigenvalue weighted by Crippen LogP contribution is 2.32. The Bertz CT molecular complexity index is 778. The molecule has 1 aliphatic rings. The number of hydrogen-bond donors (Lipinski definition) is 0. The molecule has 0 bridgehead atoms. The van der Waals surface area contributed by atoms with Gasteiger partial charge in [0.2, 0.25) is 5.88 Å². The van der Waals surface area contributed by atoms with Gasteiger partial charge in [0.25, 0.3) is 0 Å². The SMILES string of the molecule is COc1ccc(C#Cc2ccc(CC(C)CC(=O)C3CC3)cc2)cn1. The molecule has 1 heterocycles. The van der Waals surface area contributed by atoms with Crippen molar-refractivity contribution in [3.05, 3.63) is 59.3 Å². The summed E-state index contributed by atoms with van der Waals surface area (Å²) in [4.78, 5) is 16.0. The van der Waals surface area contributed by atoms with Gasteiger partial charge in [-0.05, 0) is 48.9 Å². The number of methoxy groups -OCH3 is 1. The van der Waals surface area contributed by atoms with E-state index in [4.69, 9.17) is 4.74 Å². The molecule has 1 aliphatic carbocycles. The molecule has 3 heteroatoms. The summed E-state index contributed by atoms with van der Waals surface area (Å²) >= 11 is 0. The highest BCUT2D eigenvalue weighted by molar-refractivity contribution is 5.83. The van der Waals surface area contributed by atoms with Crippen molar-refractivity contribution in [3.63, 3.8) is 0 Å². The van der Waals surface area contributed by atoms with Gasteiger partial charge in [-0.3, -0.25) is 4.79 Å². The minimum atomic E-state index is 0.368. The molecule has 0 saturated heterocycles. The number of Topliss-reactive ketones (excluding diaryl/α,β-unsaturated/α-hetero) is 1. The van der Waals surface area contributed by atoms with Crippen molar-refractivity contribution >= 4 is 5.78 Å². The number of rotatable bonds is 6. The van der Waals surface area contributed by atoms with E-state index in [-0.39, 0.29) is 0 Å². The fourth-order valence-electron chi connectivity index (χ4n) is 2.83. The van der Waals surface area contributed by atoms with Gasteiger partial charge in [-0.1, -0.05) is 30.9 Å². The zero-order valence-corrected chi connectivity index (χ0v) is 14.8. The Morgan fingerprint density at radius 1 is 1.16 bits per heavy atom. The predicted molar refractivity (Wildman–Crippen MR) is 98.4 cm³/mol. The van der Waals surface area contributed by atoms with Crippen LogP contribution in [-0.4, -0.2) is 17.9 Å². The Morgan fingerprint density at radius 2 is 1.84 bits per heavy atom. The van der Waals surface area contributed by atoms with Gasteiger partial charge in [0.1, 0.15) is 5.78 Å². The average molecular weight is 333 g/mol. The molecule has 3 rings (SSSR count). The van der Waals surface area contributed by atoms with E-state index >= 15 is 0 Å². The molecule has 2 aromatic rings. The number of hydrogen-bond acceptors (Lipinski definition) is 3. The van der Waals surface area contributed by atoms with E-state index < -0.39 is 0 Å². The van der Waals surface area contributed by atoms with Crippen LogP contribution in [0.2, 0.25) is 0 Å². The van der Waals surface area contributed by atoms with Crippen molar-refractivity contribution in [1.82, 2.24) is 4.98 Å². The van der Waals surface area contributed by atoms with Crippen LogP contribution in [0.4, 0.5) is 0 Å². The smallest absolute Gasteiger partial charge is 0.212 e. The largest absolute Gasteiger partial charge is 0.481 e. The van der Waals surface area contributed by atoms with E-state index in [9.17, 15) is 4.79 Å². The summed E-state index contributed by atoms with van der Waals surface area (Å²) < 4.78 is 5.04. The molecular formula is C22H23NO2. The van der Waals surface area contributed by atoms with Crippen molar-refractivity contribution in [2.45, 2.75) is 32.6 Å². The normalized spacial score (nSPS) is 14.3. The number of carbonyl (C=O) groups excluding carboxylic acids is 1. The first-order valence-corrected chi connectivity index (χ1v) is 8.78. The zero-order chi connectivity index (χ0) is 17.6. The molecule has 3 nitrogen and oxygen atoms in total. The second kappa shape index (κ2) is 7.98. The Morgan fingerprint density at radius 3 is 2.44 bits per heavy atom. The minimum absolute atomic E-state index is 0.368. The molecule has 25 heavy (non-hydrogen) atoms. The topological polar surface area (TPSA) is 39.2 Å². The van der Waals surface area contributed by atoms with Gasteiger partial charge < -0.3 is 4.74 Å². The second-order valence-corrected chi connectivity index (χ2v) is 6.79. The first kappa shape index (κ1) is 17.2. The first-order chi connectivity index (χ1) is 12.1. The van der Waals surface area contributed by atoms with E-state index in [1.807, 2.05) is 18.2 Å². The maximum atomic E-state index is 11.9. The van der Waals surface area contributed by atoms with E-state index in [0.29, 0.717) is 29.9 Å². The Labute approximate surface area is 149 Å². The van der Waals surface area contributed by atoms with Gasteiger partial charge in [0.05, 0.1) is 7.11 Å². The number of benzene rings is 1. The highest BCUT2D eigenvalue weighted by atomic mass is 16.5. The second-order valence-electron chi connectivity index (χ2n) is 6.79. The first-order valence-electron chi connectivity index (χ1n) is 8.78. The summed E-state index contributed by atoms with van der Waals surface area (Å²) in [6.45, 7) is 2.16. The lowest BCUT2D eigenvalue weighted by molar-refractivity contribution is -0.121. The van der Waals surface area contributed by atoms with Gasteiger partial charge in [0, 0.05) is 35.7 Å². The molecule has 1 saturated carbocycles. The minimum Gasteiger partial charge on any atom is -0.481 e. The van der Waals surface area contributed by atoms with Crippen LogP contribution in [0, 0.1) is 23.7 Å². The number of ether oxygens (including phenoxy) is 1. The van der Waals surface area contributed by atoms with E-state index in [2.05, 4.69) is 35.9 Å². The van der Waals surface area contributed by atoms with Crippen molar-refractivity contribution in [1.29, 1.82) is 0 Å². The third kappa shape index (κ3) is 5.19. The highest BCUT2D eigenvalue weighted by Gasteiger charge is 2.29. The maximum Gasteiger partial charge on any atom is 0.212 e. The summed E-state index contributed by atoms with van der Waals surface area (Å²) in [5, 5.41) is 0. The van der Waals surface area contributed by atoms with Crippen LogP contribution in [-0.2, 0) is 11.2 Å². The van der Waals surface area contributed by atoms with Crippen molar-refractivity contribution in [2.24, 2.45) is 11.8 Å². The molecule has 0 spiro atoms. The summed E-state index contributed by atoms with van der Waals surface area (Å²) in [5.74, 6) is 8.06. The van der Waals surface area contributed by atoms with Gasteiger partial charge in [-0.15, -0.1) is 0 Å². The number of aromatic nitrogens is 1. The van der Waals surface area contributed by atoms with Crippen molar-refractivity contribution in [2.75, 3.05) is 7.11 Å². The van der Waals surface area contributed by atoms with Gasteiger partial charge in [0.15, 0.2) is 0 Å². The van der Waals surface area contributed by atoms with Crippen LogP contribution in [0.25, 0.3) is 0 Å². The number of carbonyl (C=O) groups is 1. The van der Waals surface area contributed by atoms with Gasteiger partial charge in [-0.25, -0.2) is 4.98 Å². The molecule has 0 radical (unpaired) electrons. The van der Waals surface area contributed by atoms with Crippen LogP contribution in [0.15, 0.2) is 42.6 Å². The Kier molecular flexibility index (Phi) is 5.50.